The molecule has 6 heteroatoms. The van der Waals surface area contributed by atoms with Gasteiger partial charge in [-0.3, -0.25) is 9.59 Å². The van der Waals surface area contributed by atoms with E-state index in [9.17, 15) is 14.0 Å². The van der Waals surface area contributed by atoms with E-state index in [0.717, 1.165) is 24.5 Å². The van der Waals surface area contributed by atoms with Crippen LogP contribution in [0.3, 0.4) is 0 Å². The van der Waals surface area contributed by atoms with Gasteiger partial charge in [-0.2, -0.15) is 0 Å². The Morgan fingerprint density at radius 1 is 1.14 bits per heavy atom. The Hall–Kier alpha value is -2.89. The van der Waals surface area contributed by atoms with Gasteiger partial charge in [-0.05, 0) is 62.6 Å². The van der Waals surface area contributed by atoms with Gasteiger partial charge in [-0.1, -0.05) is 12.1 Å². The van der Waals surface area contributed by atoms with Crippen molar-refractivity contribution in [2.24, 2.45) is 0 Å². The Morgan fingerprint density at radius 3 is 2.64 bits per heavy atom. The highest BCUT2D eigenvalue weighted by molar-refractivity contribution is 5.96. The minimum Gasteiger partial charge on any atom is -0.371 e. The van der Waals surface area contributed by atoms with E-state index in [0.29, 0.717) is 5.56 Å². The zero-order valence-electron chi connectivity index (χ0n) is 16.3. The van der Waals surface area contributed by atoms with E-state index >= 15 is 0 Å². The Bertz CT molecular complexity index is 863. The van der Waals surface area contributed by atoms with Gasteiger partial charge in [0.05, 0.1) is 0 Å². The summed E-state index contributed by atoms with van der Waals surface area (Å²) in [6, 6.07) is 11.5. The second kappa shape index (κ2) is 8.87. The average molecular weight is 383 g/mol. The topological polar surface area (TPSA) is 61.4 Å². The fraction of sp³-hybridized carbons (Fsp3) is 0.364. The predicted octanol–water partition coefficient (Wildman–Crippen LogP) is 3.88. The molecule has 2 N–H and O–H groups in total. The molecule has 28 heavy (non-hydrogen) atoms. The van der Waals surface area contributed by atoms with Gasteiger partial charge in [0, 0.05) is 42.5 Å². The molecule has 2 aromatic carbocycles. The van der Waals surface area contributed by atoms with E-state index in [1.165, 1.54) is 25.0 Å². The molecular formula is C22H26FN3O2. The van der Waals surface area contributed by atoms with Gasteiger partial charge < -0.3 is 15.5 Å². The molecule has 3 rings (SSSR count). The smallest absolute Gasteiger partial charge is 0.251 e. The SMILES string of the molecule is Cc1ccc(F)cc1C(=O)NC(C)CC(=O)Nc1cccc(N2CCCC2)c1. The van der Waals surface area contributed by atoms with E-state index in [-0.39, 0.29) is 29.8 Å². The first kappa shape index (κ1) is 19.9. The number of nitrogens with one attached hydrogen (secondary N) is 2. The molecule has 1 fully saturated rings. The van der Waals surface area contributed by atoms with Crippen LogP contribution in [-0.4, -0.2) is 30.9 Å². The third-order valence-corrected chi connectivity index (χ3v) is 4.91. The first-order valence-corrected chi connectivity index (χ1v) is 9.64. The summed E-state index contributed by atoms with van der Waals surface area (Å²) >= 11 is 0. The summed E-state index contributed by atoms with van der Waals surface area (Å²) in [7, 11) is 0. The quantitative estimate of drug-likeness (QED) is 0.796. The van der Waals surface area contributed by atoms with Crippen LogP contribution in [0.2, 0.25) is 0 Å². The molecule has 148 valence electrons. The van der Waals surface area contributed by atoms with E-state index < -0.39 is 5.82 Å². The maximum Gasteiger partial charge on any atom is 0.251 e. The van der Waals surface area contributed by atoms with E-state index in [4.69, 9.17) is 0 Å². The highest BCUT2D eigenvalue weighted by Gasteiger charge is 2.16. The summed E-state index contributed by atoms with van der Waals surface area (Å²) < 4.78 is 13.4. The van der Waals surface area contributed by atoms with Crippen LogP contribution in [-0.2, 0) is 4.79 Å². The van der Waals surface area contributed by atoms with E-state index in [2.05, 4.69) is 15.5 Å². The fourth-order valence-corrected chi connectivity index (χ4v) is 3.44. The van der Waals surface area contributed by atoms with Crippen molar-refractivity contribution >= 4 is 23.2 Å². The molecule has 2 amide bonds. The Labute approximate surface area is 164 Å². The van der Waals surface area contributed by atoms with E-state index in [1.807, 2.05) is 24.3 Å². The fourth-order valence-electron chi connectivity index (χ4n) is 3.44. The Morgan fingerprint density at radius 2 is 1.89 bits per heavy atom. The lowest BCUT2D eigenvalue weighted by Gasteiger charge is -2.19. The van der Waals surface area contributed by atoms with Gasteiger partial charge in [-0.15, -0.1) is 0 Å². The van der Waals surface area contributed by atoms with Crippen LogP contribution >= 0.6 is 0 Å². The third kappa shape index (κ3) is 5.09. The van der Waals surface area contributed by atoms with Crippen molar-refractivity contribution in [3.63, 3.8) is 0 Å². The Kier molecular flexibility index (Phi) is 6.29. The number of benzene rings is 2. The predicted molar refractivity (Wildman–Crippen MR) is 109 cm³/mol. The van der Waals surface area contributed by atoms with Crippen molar-refractivity contribution in [3.05, 3.63) is 59.4 Å². The van der Waals surface area contributed by atoms with Gasteiger partial charge in [0.25, 0.3) is 5.91 Å². The number of hydrogen-bond donors (Lipinski definition) is 2. The molecule has 1 atom stereocenters. The standard InChI is InChI=1S/C22H26FN3O2/c1-15-8-9-17(23)13-20(15)22(28)24-16(2)12-21(27)25-18-6-5-7-19(14-18)26-10-3-4-11-26/h5-9,13-14,16H,3-4,10-12H2,1-2H3,(H,24,28)(H,25,27). The number of carbonyl (C=O) groups is 2. The number of aryl methyl sites for hydroxylation is 1. The molecule has 1 saturated heterocycles. The largest absolute Gasteiger partial charge is 0.371 e. The second-order valence-electron chi connectivity index (χ2n) is 7.33. The molecule has 0 saturated carbocycles. The van der Waals surface area contributed by atoms with Crippen LogP contribution < -0.4 is 15.5 Å². The van der Waals surface area contributed by atoms with Gasteiger partial charge in [-0.25, -0.2) is 4.39 Å². The lowest BCUT2D eigenvalue weighted by atomic mass is 10.1. The van der Waals surface area contributed by atoms with Crippen molar-refractivity contribution < 1.29 is 14.0 Å². The zero-order valence-corrected chi connectivity index (χ0v) is 16.3. The summed E-state index contributed by atoms with van der Waals surface area (Å²) in [5, 5.41) is 5.66. The zero-order chi connectivity index (χ0) is 20.1. The summed E-state index contributed by atoms with van der Waals surface area (Å²) in [5.41, 5.74) is 2.83. The molecule has 1 aliphatic rings. The summed E-state index contributed by atoms with van der Waals surface area (Å²) in [4.78, 5) is 27.0. The molecule has 0 spiro atoms. The summed E-state index contributed by atoms with van der Waals surface area (Å²) in [5.74, 6) is -1.02. The molecular weight excluding hydrogens is 357 g/mol. The molecule has 0 radical (unpaired) electrons. The van der Waals surface area contributed by atoms with Gasteiger partial charge in [0.15, 0.2) is 0 Å². The number of rotatable bonds is 6. The molecule has 0 aromatic heterocycles. The molecule has 0 bridgehead atoms. The first-order chi connectivity index (χ1) is 13.4. The summed E-state index contributed by atoms with van der Waals surface area (Å²) in [6.45, 7) is 5.59. The number of amides is 2. The lowest BCUT2D eigenvalue weighted by Crippen LogP contribution is -2.35. The number of nitrogens with zero attached hydrogens (tertiary/aromatic N) is 1. The van der Waals surface area contributed by atoms with Crippen LogP contribution in [0.1, 0.15) is 42.1 Å². The van der Waals surface area contributed by atoms with Crippen molar-refractivity contribution in [1.29, 1.82) is 0 Å². The number of carbonyl (C=O) groups excluding carboxylic acids is 2. The minimum absolute atomic E-state index is 0.133. The summed E-state index contributed by atoms with van der Waals surface area (Å²) in [6.07, 6.45) is 2.52. The minimum atomic E-state index is -0.459. The van der Waals surface area contributed by atoms with Crippen molar-refractivity contribution in [1.82, 2.24) is 5.32 Å². The maximum atomic E-state index is 13.4. The monoisotopic (exact) mass is 383 g/mol. The molecule has 2 aromatic rings. The molecule has 1 unspecified atom stereocenters. The van der Waals surface area contributed by atoms with Crippen LogP contribution in [0.25, 0.3) is 0 Å². The molecule has 0 aliphatic carbocycles. The Balaban J connectivity index is 1.55. The van der Waals surface area contributed by atoms with Crippen LogP contribution in [0, 0.1) is 12.7 Å². The highest BCUT2D eigenvalue weighted by atomic mass is 19.1. The van der Waals surface area contributed by atoms with E-state index in [1.54, 1.807) is 19.9 Å². The molecule has 1 aliphatic heterocycles. The maximum absolute atomic E-state index is 13.4. The highest BCUT2D eigenvalue weighted by Crippen LogP contribution is 2.23. The van der Waals surface area contributed by atoms with Crippen LogP contribution in [0.5, 0.6) is 0 Å². The van der Waals surface area contributed by atoms with Crippen molar-refractivity contribution in [2.75, 3.05) is 23.3 Å². The van der Waals surface area contributed by atoms with Gasteiger partial charge >= 0.3 is 0 Å². The number of hydrogen-bond acceptors (Lipinski definition) is 3. The third-order valence-electron chi connectivity index (χ3n) is 4.91. The normalized spacial score (nSPS) is 14.6. The molecule has 5 nitrogen and oxygen atoms in total. The lowest BCUT2D eigenvalue weighted by molar-refractivity contribution is -0.116. The van der Waals surface area contributed by atoms with Crippen LogP contribution in [0.15, 0.2) is 42.5 Å². The average Bonchev–Trinajstić information content (AvgIpc) is 3.18. The van der Waals surface area contributed by atoms with Gasteiger partial charge in [0.1, 0.15) is 5.82 Å². The molecule has 1 heterocycles. The number of anilines is 2. The number of halogens is 1. The van der Waals surface area contributed by atoms with Crippen molar-refractivity contribution in [2.45, 2.75) is 39.2 Å². The first-order valence-electron chi connectivity index (χ1n) is 9.64. The van der Waals surface area contributed by atoms with Crippen molar-refractivity contribution in [3.8, 4) is 0 Å². The van der Waals surface area contributed by atoms with Crippen LogP contribution in [0.4, 0.5) is 15.8 Å². The van der Waals surface area contributed by atoms with Gasteiger partial charge in [0.2, 0.25) is 5.91 Å². The second-order valence-corrected chi connectivity index (χ2v) is 7.33.